The Hall–Kier alpha value is -3.34. The van der Waals surface area contributed by atoms with Gasteiger partial charge >= 0.3 is 0 Å². The Bertz CT molecular complexity index is 1550. The first kappa shape index (κ1) is 24.8. The van der Waals surface area contributed by atoms with Gasteiger partial charge in [0.15, 0.2) is 5.78 Å². The predicted octanol–water partition coefficient (Wildman–Crippen LogP) is 4.94. The van der Waals surface area contributed by atoms with Gasteiger partial charge < -0.3 is 15.0 Å². The van der Waals surface area contributed by atoms with Crippen LogP contribution in [-0.2, 0) is 10.0 Å². The van der Waals surface area contributed by atoms with Crippen molar-refractivity contribution in [2.24, 2.45) is 0 Å². The van der Waals surface area contributed by atoms with Crippen molar-refractivity contribution >= 4 is 61.5 Å². The van der Waals surface area contributed by atoms with Crippen LogP contribution < -0.4 is 15.2 Å². The number of carbonyl (C=O) groups is 1. The van der Waals surface area contributed by atoms with Crippen molar-refractivity contribution in [2.75, 3.05) is 17.6 Å². The van der Waals surface area contributed by atoms with Gasteiger partial charge in [-0.3, -0.25) is 9.52 Å². The van der Waals surface area contributed by atoms with E-state index in [1.165, 1.54) is 49.8 Å². The van der Waals surface area contributed by atoms with Crippen LogP contribution >= 0.6 is 23.2 Å². The first-order chi connectivity index (χ1) is 16.5. The molecule has 0 aliphatic carbocycles. The van der Waals surface area contributed by atoms with Crippen molar-refractivity contribution in [1.82, 2.24) is 14.5 Å². The summed E-state index contributed by atoms with van der Waals surface area (Å²) in [7, 11) is -2.63. The molecule has 0 aliphatic rings. The monoisotopic (exact) mass is 533 g/mol. The van der Waals surface area contributed by atoms with Crippen LogP contribution in [0.4, 0.5) is 11.5 Å². The SMILES string of the molecule is COc1ccc(NS(=O)(=O)c2cc(Cl)cc(Cl)c2)cc1C(=O)c1cn(C(C)C)c2ncnc(N)c12. The summed E-state index contributed by atoms with van der Waals surface area (Å²) >= 11 is 11.9. The first-order valence-corrected chi connectivity index (χ1v) is 12.6. The van der Waals surface area contributed by atoms with Crippen LogP contribution in [0.5, 0.6) is 5.75 Å². The van der Waals surface area contributed by atoms with Crippen molar-refractivity contribution in [3.05, 3.63) is 70.1 Å². The average Bonchev–Trinajstić information content (AvgIpc) is 3.19. The fraction of sp³-hybridized carbons (Fsp3) is 0.174. The van der Waals surface area contributed by atoms with Crippen LogP contribution in [0.2, 0.25) is 10.0 Å². The van der Waals surface area contributed by atoms with E-state index in [0.29, 0.717) is 11.0 Å². The largest absolute Gasteiger partial charge is 0.496 e. The summed E-state index contributed by atoms with van der Waals surface area (Å²) in [6.45, 7) is 3.90. The minimum Gasteiger partial charge on any atom is -0.496 e. The Morgan fingerprint density at radius 2 is 1.77 bits per heavy atom. The number of rotatable bonds is 7. The highest BCUT2D eigenvalue weighted by Gasteiger charge is 2.25. The quantitative estimate of drug-likeness (QED) is 0.321. The number of sulfonamides is 1. The number of fused-ring (bicyclic) bond motifs is 1. The molecule has 4 rings (SSSR count). The average molecular weight is 534 g/mol. The van der Waals surface area contributed by atoms with E-state index in [-0.39, 0.29) is 49.4 Å². The number of methoxy groups -OCH3 is 1. The van der Waals surface area contributed by atoms with E-state index in [0.717, 1.165) is 0 Å². The summed E-state index contributed by atoms with van der Waals surface area (Å²) in [4.78, 5) is 21.9. The number of aromatic nitrogens is 3. The number of hydrogen-bond acceptors (Lipinski definition) is 7. The molecule has 3 N–H and O–H groups in total. The first-order valence-electron chi connectivity index (χ1n) is 10.3. The van der Waals surface area contributed by atoms with Gasteiger partial charge in [-0.1, -0.05) is 23.2 Å². The maximum atomic E-state index is 13.7. The minimum absolute atomic E-state index is 0.00194. The predicted molar refractivity (Wildman–Crippen MR) is 136 cm³/mol. The maximum absolute atomic E-state index is 13.7. The van der Waals surface area contributed by atoms with Gasteiger partial charge in [-0.15, -0.1) is 0 Å². The van der Waals surface area contributed by atoms with Crippen LogP contribution in [0.15, 0.2) is 53.8 Å². The molecular weight excluding hydrogens is 513 g/mol. The fourth-order valence-electron chi connectivity index (χ4n) is 3.67. The lowest BCUT2D eigenvalue weighted by Crippen LogP contribution is -2.14. The molecule has 0 saturated carbocycles. The molecule has 12 heteroatoms. The lowest BCUT2D eigenvalue weighted by molar-refractivity contribution is 0.103. The zero-order valence-electron chi connectivity index (χ0n) is 18.9. The number of ether oxygens (including phenoxy) is 1. The molecular formula is C23H21Cl2N5O4S. The van der Waals surface area contributed by atoms with Gasteiger partial charge in [-0.25, -0.2) is 18.4 Å². The van der Waals surface area contributed by atoms with Crippen LogP contribution in [0.25, 0.3) is 11.0 Å². The van der Waals surface area contributed by atoms with E-state index in [1.807, 2.05) is 18.4 Å². The summed E-state index contributed by atoms with van der Waals surface area (Å²) in [5.74, 6) is -0.0179. The standard InChI is InChI=1S/C23H21Cl2N5O4S/c1-12(2)30-10-18(20-22(26)27-11-28-23(20)30)21(31)17-9-15(4-5-19(17)34-3)29-35(32,33)16-7-13(24)6-14(25)8-16/h4-12,29H,1-3H3,(H2,26,27,28). The van der Waals surface area contributed by atoms with Crippen molar-refractivity contribution in [3.8, 4) is 5.75 Å². The van der Waals surface area contributed by atoms with Crippen molar-refractivity contribution < 1.29 is 17.9 Å². The number of nitrogens with zero attached hydrogens (tertiary/aromatic N) is 3. The smallest absolute Gasteiger partial charge is 0.261 e. The Balaban J connectivity index is 1.80. The van der Waals surface area contributed by atoms with Crippen molar-refractivity contribution in [3.63, 3.8) is 0 Å². The summed E-state index contributed by atoms with van der Waals surface area (Å²) in [5, 5.41) is 0.752. The molecule has 0 spiro atoms. The molecule has 0 fully saturated rings. The summed E-state index contributed by atoms with van der Waals surface area (Å²) in [6.07, 6.45) is 3.00. The molecule has 0 bridgehead atoms. The highest BCUT2D eigenvalue weighted by atomic mass is 35.5. The number of hydrogen-bond donors (Lipinski definition) is 2. The molecule has 0 saturated heterocycles. The number of nitrogens with two attached hydrogens (primary N) is 1. The Labute approximate surface area is 211 Å². The van der Waals surface area contributed by atoms with Gasteiger partial charge in [-0.2, -0.15) is 0 Å². The van der Waals surface area contributed by atoms with E-state index < -0.39 is 15.8 Å². The lowest BCUT2D eigenvalue weighted by atomic mass is 10.0. The summed E-state index contributed by atoms with van der Waals surface area (Å²) in [5.41, 5.74) is 7.15. The number of carbonyl (C=O) groups excluding carboxylic acids is 1. The van der Waals surface area contributed by atoms with E-state index in [1.54, 1.807) is 6.20 Å². The molecule has 0 amide bonds. The van der Waals surface area contributed by atoms with E-state index in [9.17, 15) is 13.2 Å². The molecule has 9 nitrogen and oxygen atoms in total. The highest BCUT2D eigenvalue weighted by Crippen LogP contribution is 2.33. The lowest BCUT2D eigenvalue weighted by Gasteiger charge is -2.13. The van der Waals surface area contributed by atoms with Crippen molar-refractivity contribution in [2.45, 2.75) is 24.8 Å². The van der Waals surface area contributed by atoms with Crippen LogP contribution in [0.3, 0.4) is 0 Å². The maximum Gasteiger partial charge on any atom is 0.261 e. The van der Waals surface area contributed by atoms with Gasteiger partial charge in [0.2, 0.25) is 0 Å². The number of nitrogen functional groups attached to an aromatic ring is 1. The molecule has 0 unspecified atom stereocenters. The zero-order valence-corrected chi connectivity index (χ0v) is 21.2. The number of ketones is 1. The van der Waals surface area contributed by atoms with Gasteiger partial charge in [0.1, 0.15) is 23.5 Å². The van der Waals surface area contributed by atoms with Crippen LogP contribution in [0.1, 0.15) is 35.8 Å². The van der Waals surface area contributed by atoms with Crippen LogP contribution in [-0.4, -0.2) is 35.8 Å². The topological polar surface area (TPSA) is 129 Å². The second kappa shape index (κ2) is 9.37. The summed E-state index contributed by atoms with van der Waals surface area (Å²) < 4.78 is 35.5. The normalized spacial score (nSPS) is 11.7. The third kappa shape index (κ3) is 4.77. The second-order valence-corrected chi connectivity index (χ2v) is 10.5. The molecule has 0 radical (unpaired) electrons. The molecule has 2 heterocycles. The van der Waals surface area contributed by atoms with E-state index >= 15 is 0 Å². The molecule has 35 heavy (non-hydrogen) atoms. The van der Waals surface area contributed by atoms with Gasteiger partial charge in [-0.05, 0) is 50.2 Å². The molecule has 182 valence electrons. The number of halogens is 2. The third-order valence-corrected chi connectivity index (χ3v) is 7.08. The molecule has 0 atom stereocenters. The Morgan fingerprint density at radius 3 is 2.40 bits per heavy atom. The minimum atomic E-state index is -4.05. The van der Waals surface area contributed by atoms with E-state index in [2.05, 4.69) is 14.7 Å². The zero-order chi connectivity index (χ0) is 25.5. The molecule has 0 aliphatic heterocycles. The second-order valence-electron chi connectivity index (χ2n) is 7.96. The Morgan fingerprint density at radius 1 is 1.09 bits per heavy atom. The number of anilines is 2. The van der Waals surface area contributed by atoms with Crippen LogP contribution in [0, 0.1) is 0 Å². The van der Waals surface area contributed by atoms with E-state index in [4.69, 9.17) is 33.7 Å². The highest BCUT2D eigenvalue weighted by molar-refractivity contribution is 7.92. The van der Waals surface area contributed by atoms with Gasteiger partial charge in [0.05, 0.1) is 28.5 Å². The van der Waals surface area contributed by atoms with Crippen molar-refractivity contribution in [1.29, 1.82) is 0 Å². The van der Waals surface area contributed by atoms with Gasteiger partial charge in [0.25, 0.3) is 10.0 Å². The summed E-state index contributed by atoms with van der Waals surface area (Å²) in [6, 6.07) is 8.34. The van der Waals surface area contributed by atoms with Gasteiger partial charge in [0, 0.05) is 28.0 Å². The number of benzene rings is 2. The Kier molecular flexibility index (Phi) is 6.63. The molecule has 4 aromatic rings. The molecule has 2 aromatic carbocycles. The molecule has 2 aromatic heterocycles. The third-order valence-electron chi connectivity index (χ3n) is 5.28. The number of nitrogens with one attached hydrogen (secondary N) is 1. The fourth-order valence-corrected chi connectivity index (χ4v) is 5.44.